The van der Waals surface area contributed by atoms with Crippen molar-refractivity contribution in [2.45, 2.75) is 18.0 Å². The molecular weight excluding hydrogens is 427 g/mol. The number of nitrogens with two attached hydrogens (primary N) is 2. The topological polar surface area (TPSA) is 91.2 Å². The summed E-state index contributed by atoms with van der Waals surface area (Å²) in [6.45, 7) is 0. The summed E-state index contributed by atoms with van der Waals surface area (Å²) in [6, 6.07) is 11.4. The highest BCUT2D eigenvalue weighted by molar-refractivity contribution is 7.21. The molecule has 1 aliphatic rings. The molecule has 3 aromatic rings. The summed E-state index contributed by atoms with van der Waals surface area (Å²) in [7, 11) is 1.57. The molecule has 1 aromatic heterocycles. The van der Waals surface area contributed by atoms with E-state index >= 15 is 0 Å². The number of fused-ring (bicyclic) bond motifs is 1. The number of hydrogen-bond donors (Lipinski definition) is 2. The maximum absolute atomic E-state index is 14.3. The van der Waals surface area contributed by atoms with E-state index in [9.17, 15) is 18.0 Å². The van der Waals surface area contributed by atoms with E-state index in [0.29, 0.717) is 16.3 Å². The molecule has 1 aliphatic carbocycles. The number of carbonyl (C=O) groups is 1. The number of carbonyl (C=O) groups excluding carboxylic acids is 1. The predicted octanol–water partition coefficient (Wildman–Crippen LogP) is 4.43. The Morgan fingerprint density at radius 2 is 1.87 bits per heavy atom. The second-order valence-electron chi connectivity index (χ2n) is 7.19. The first kappa shape index (κ1) is 20.9. The summed E-state index contributed by atoms with van der Waals surface area (Å²) in [5.74, 6) is -0.207. The van der Waals surface area contributed by atoms with Crippen molar-refractivity contribution in [3.8, 4) is 16.3 Å². The number of allylic oxidation sites excluding steroid dienone is 3. The minimum absolute atomic E-state index is 0.0628. The summed E-state index contributed by atoms with van der Waals surface area (Å²) in [5.41, 5.74) is 9.44. The van der Waals surface area contributed by atoms with Crippen molar-refractivity contribution in [2.24, 2.45) is 11.5 Å². The van der Waals surface area contributed by atoms with Crippen molar-refractivity contribution >= 4 is 27.5 Å². The third-order valence-electron chi connectivity index (χ3n) is 5.43. The number of methoxy groups -OCH3 is 1. The molecule has 0 aliphatic heterocycles. The van der Waals surface area contributed by atoms with Crippen LogP contribution < -0.4 is 16.2 Å². The van der Waals surface area contributed by atoms with Crippen LogP contribution in [0, 0.1) is 0 Å². The van der Waals surface area contributed by atoms with Gasteiger partial charge in [0.15, 0.2) is 0 Å². The lowest BCUT2D eigenvalue weighted by atomic mass is 9.69. The van der Waals surface area contributed by atoms with Crippen LogP contribution in [0.3, 0.4) is 0 Å². The Labute approximate surface area is 179 Å². The van der Waals surface area contributed by atoms with Gasteiger partial charge in [0.2, 0.25) is 5.91 Å². The third kappa shape index (κ3) is 3.44. The van der Waals surface area contributed by atoms with Gasteiger partial charge in [-0.2, -0.15) is 13.2 Å². The lowest BCUT2D eigenvalue weighted by Gasteiger charge is -2.38. The molecule has 0 spiro atoms. The minimum Gasteiger partial charge on any atom is -0.497 e. The second-order valence-corrected chi connectivity index (χ2v) is 8.22. The molecule has 4 N–H and O–H groups in total. The monoisotopic (exact) mass is 445 g/mol. The fourth-order valence-corrected chi connectivity index (χ4v) is 4.70. The molecule has 0 bridgehead atoms. The Bertz CT molecular complexity index is 1230. The number of ether oxygens (including phenoxy) is 1. The van der Waals surface area contributed by atoms with E-state index < -0.39 is 23.9 Å². The van der Waals surface area contributed by atoms with Gasteiger partial charge in [0.25, 0.3) is 0 Å². The van der Waals surface area contributed by atoms with E-state index in [1.807, 2.05) is 12.1 Å². The van der Waals surface area contributed by atoms with Crippen molar-refractivity contribution in [1.82, 2.24) is 4.98 Å². The van der Waals surface area contributed by atoms with Gasteiger partial charge in [-0.1, -0.05) is 30.3 Å². The molecule has 5 nitrogen and oxygen atoms in total. The number of alkyl halides is 3. The lowest BCUT2D eigenvalue weighted by Crippen LogP contribution is -2.48. The fraction of sp³-hybridized carbons (Fsp3) is 0.182. The Hall–Kier alpha value is -3.33. The Balaban J connectivity index is 1.76. The minimum atomic E-state index is -4.73. The van der Waals surface area contributed by atoms with Crippen molar-refractivity contribution in [1.29, 1.82) is 0 Å². The van der Waals surface area contributed by atoms with Gasteiger partial charge in [-0.05, 0) is 29.8 Å². The number of aromatic nitrogens is 1. The maximum Gasteiger partial charge on any atom is 0.404 e. The summed E-state index contributed by atoms with van der Waals surface area (Å²) < 4.78 is 49.0. The number of primary amides is 1. The number of thiazole rings is 1. The van der Waals surface area contributed by atoms with Crippen LogP contribution >= 0.6 is 11.3 Å². The Morgan fingerprint density at radius 1 is 1.16 bits per heavy atom. The van der Waals surface area contributed by atoms with Gasteiger partial charge < -0.3 is 16.2 Å². The highest BCUT2D eigenvalue weighted by Crippen LogP contribution is 2.51. The normalized spacial score (nSPS) is 19.1. The quantitative estimate of drug-likeness (QED) is 0.622. The molecule has 1 atom stereocenters. The van der Waals surface area contributed by atoms with Gasteiger partial charge in [-0.3, -0.25) is 4.79 Å². The molecule has 4 rings (SSSR count). The SMILES string of the molecule is COc1ccc2nc(-c3ccc(C4(C(F)(F)F)CC(C(N)=O)=CC=C4N)cc3)sc2c1. The zero-order valence-corrected chi connectivity index (χ0v) is 17.2. The molecule has 1 unspecified atom stereocenters. The lowest BCUT2D eigenvalue weighted by molar-refractivity contribution is -0.180. The molecule has 0 fully saturated rings. The second kappa shape index (κ2) is 7.42. The van der Waals surface area contributed by atoms with Gasteiger partial charge in [0, 0.05) is 23.3 Å². The molecule has 0 saturated heterocycles. The summed E-state index contributed by atoms with van der Waals surface area (Å²) in [4.78, 5) is 16.1. The number of rotatable bonds is 4. The predicted molar refractivity (Wildman–Crippen MR) is 114 cm³/mol. The maximum atomic E-state index is 14.3. The van der Waals surface area contributed by atoms with Crippen LogP contribution in [0.25, 0.3) is 20.8 Å². The average Bonchev–Trinajstić information content (AvgIpc) is 3.16. The van der Waals surface area contributed by atoms with Crippen LogP contribution in [-0.4, -0.2) is 24.2 Å². The van der Waals surface area contributed by atoms with Gasteiger partial charge in [0.1, 0.15) is 16.2 Å². The smallest absolute Gasteiger partial charge is 0.404 e. The van der Waals surface area contributed by atoms with E-state index in [2.05, 4.69) is 4.98 Å². The van der Waals surface area contributed by atoms with E-state index in [1.54, 1.807) is 25.3 Å². The number of nitrogens with zero attached hydrogens (tertiary/aromatic N) is 1. The Kier molecular flexibility index (Phi) is 5.01. The van der Waals surface area contributed by atoms with E-state index in [4.69, 9.17) is 16.2 Å². The highest BCUT2D eigenvalue weighted by Gasteiger charge is 2.59. The first-order valence-corrected chi connectivity index (χ1v) is 10.1. The molecule has 2 aromatic carbocycles. The molecule has 0 radical (unpaired) electrons. The molecule has 0 saturated carbocycles. The zero-order valence-electron chi connectivity index (χ0n) is 16.4. The fourth-order valence-electron chi connectivity index (χ4n) is 3.70. The van der Waals surface area contributed by atoms with Crippen LogP contribution in [0.5, 0.6) is 5.75 Å². The molecule has 1 amide bonds. The highest BCUT2D eigenvalue weighted by atomic mass is 32.1. The van der Waals surface area contributed by atoms with Crippen molar-refractivity contribution in [3.05, 3.63) is 71.5 Å². The van der Waals surface area contributed by atoms with Crippen LogP contribution in [0.2, 0.25) is 0 Å². The summed E-state index contributed by atoms with van der Waals surface area (Å²) in [6.07, 6.45) is -3.03. The van der Waals surface area contributed by atoms with E-state index in [1.165, 1.54) is 29.5 Å². The number of hydrogen-bond acceptors (Lipinski definition) is 5. The van der Waals surface area contributed by atoms with Crippen LogP contribution in [-0.2, 0) is 10.2 Å². The van der Waals surface area contributed by atoms with E-state index in [0.717, 1.165) is 16.3 Å². The molecular formula is C22H18F3N3O2S. The number of benzene rings is 2. The molecule has 160 valence electrons. The van der Waals surface area contributed by atoms with Crippen molar-refractivity contribution in [2.75, 3.05) is 7.11 Å². The number of halogens is 3. The average molecular weight is 445 g/mol. The first-order valence-electron chi connectivity index (χ1n) is 9.24. The summed E-state index contributed by atoms with van der Waals surface area (Å²) >= 11 is 1.41. The summed E-state index contributed by atoms with van der Waals surface area (Å²) in [5, 5.41) is 0.667. The largest absolute Gasteiger partial charge is 0.497 e. The molecule has 9 heteroatoms. The zero-order chi connectivity index (χ0) is 22.4. The standard InChI is InChI=1S/C22H18F3N3O2S/c1-30-15-7-8-16-17(10-15)31-20(28-16)12-2-5-14(6-3-12)21(22(23,24)25)11-13(19(27)29)4-9-18(21)26/h2-10H,11,26H2,1H3,(H2,27,29). The van der Waals surface area contributed by atoms with Crippen molar-refractivity contribution < 1.29 is 22.7 Å². The van der Waals surface area contributed by atoms with Gasteiger partial charge in [-0.15, -0.1) is 11.3 Å². The first-order chi connectivity index (χ1) is 14.7. The molecule has 1 heterocycles. The van der Waals surface area contributed by atoms with Crippen LogP contribution in [0.15, 0.2) is 65.9 Å². The van der Waals surface area contributed by atoms with Gasteiger partial charge in [-0.25, -0.2) is 4.98 Å². The van der Waals surface area contributed by atoms with Crippen LogP contribution in [0.4, 0.5) is 13.2 Å². The number of amides is 1. The van der Waals surface area contributed by atoms with Gasteiger partial charge >= 0.3 is 6.18 Å². The Morgan fingerprint density at radius 3 is 2.48 bits per heavy atom. The van der Waals surface area contributed by atoms with E-state index in [-0.39, 0.29) is 16.8 Å². The van der Waals surface area contributed by atoms with Crippen LogP contribution in [0.1, 0.15) is 12.0 Å². The van der Waals surface area contributed by atoms with Gasteiger partial charge in [0.05, 0.1) is 17.3 Å². The molecule has 31 heavy (non-hydrogen) atoms. The van der Waals surface area contributed by atoms with Crippen molar-refractivity contribution in [3.63, 3.8) is 0 Å². The third-order valence-corrected chi connectivity index (χ3v) is 6.50.